The van der Waals surface area contributed by atoms with Gasteiger partial charge in [0.2, 0.25) is 23.6 Å². The number of benzene rings is 4. The molecule has 6 rings (SSSR count). The molecule has 1 fully saturated rings. The van der Waals surface area contributed by atoms with Gasteiger partial charge in [0.1, 0.15) is 23.6 Å². The first-order valence-corrected chi connectivity index (χ1v) is 18.8. The van der Waals surface area contributed by atoms with Crippen LogP contribution in [0.4, 0.5) is 11.4 Å². The van der Waals surface area contributed by atoms with E-state index < -0.39 is 12.1 Å². The monoisotopic (exact) mass is 724 g/mol. The van der Waals surface area contributed by atoms with Crippen molar-refractivity contribution in [3.8, 4) is 22.6 Å². The van der Waals surface area contributed by atoms with Crippen molar-refractivity contribution in [2.75, 3.05) is 23.7 Å². The van der Waals surface area contributed by atoms with Crippen molar-refractivity contribution >= 4 is 35.0 Å². The van der Waals surface area contributed by atoms with E-state index in [0.29, 0.717) is 42.4 Å². The molecule has 1 aliphatic rings. The summed E-state index contributed by atoms with van der Waals surface area (Å²) in [6.45, 7) is 8.58. The Labute approximate surface area is 317 Å². The molecule has 0 saturated carbocycles. The first kappa shape index (κ1) is 37.8. The molecule has 54 heavy (non-hydrogen) atoms. The van der Waals surface area contributed by atoms with Gasteiger partial charge < -0.3 is 24.9 Å². The quantitative estimate of drug-likeness (QED) is 0.126. The van der Waals surface area contributed by atoms with Crippen molar-refractivity contribution in [2.24, 2.45) is 0 Å². The molecule has 4 aromatic carbocycles. The number of nitrogens with zero attached hydrogens (tertiary/aromatic N) is 2. The fourth-order valence-corrected chi connectivity index (χ4v) is 7.00. The van der Waals surface area contributed by atoms with Crippen LogP contribution in [0.3, 0.4) is 0 Å². The molecule has 9 heteroatoms. The number of nitrogens with one attached hydrogen (secondary N) is 2. The lowest BCUT2D eigenvalue weighted by molar-refractivity contribution is -0.139. The van der Waals surface area contributed by atoms with Crippen LogP contribution in [-0.2, 0) is 19.2 Å². The third-order valence-corrected chi connectivity index (χ3v) is 10.3. The Kier molecular flexibility index (Phi) is 12.1. The van der Waals surface area contributed by atoms with Gasteiger partial charge in [0, 0.05) is 35.6 Å². The molecule has 0 spiro atoms. The number of carbonyl (C=O) groups is 4. The second-order valence-corrected chi connectivity index (χ2v) is 14.0. The van der Waals surface area contributed by atoms with E-state index in [9.17, 15) is 19.2 Å². The maximum atomic E-state index is 13.4. The SMILES string of the molecule is CCCN(C(=O)[C@H](C)c1ccccc1)[C@@H](C)C(=O)Nc1ccc(-c2ccc(-c3ccc(NC(=O)[C@@H]4CCCN4C(=O)[C@H](C)c4ccccc4)cc3)o2)cc1. The molecular weight excluding hydrogens is 677 g/mol. The minimum Gasteiger partial charge on any atom is -0.456 e. The Morgan fingerprint density at radius 1 is 0.704 bits per heavy atom. The molecule has 0 radical (unpaired) electrons. The second kappa shape index (κ2) is 17.2. The first-order valence-electron chi connectivity index (χ1n) is 18.8. The largest absolute Gasteiger partial charge is 0.456 e. The highest BCUT2D eigenvalue weighted by Crippen LogP contribution is 2.31. The predicted molar refractivity (Wildman–Crippen MR) is 213 cm³/mol. The summed E-state index contributed by atoms with van der Waals surface area (Å²) in [5.74, 6) is 0.106. The summed E-state index contributed by atoms with van der Waals surface area (Å²) >= 11 is 0. The molecule has 1 aromatic heterocycles. The molecular formula is C45H48N4O5. The Morgan fingerprint density at radius 2 is 1.22 bits per heavy atom. The maximum Gasteiger partial charge on any atom is 0.247 e. The van der Waals surface area contributed by atoms with Crippen molar-refractivity contribution < 1.29 is 23.6 Å². The van der Waals surface area contributed by atoms with Crippen molar-refractivity contribution in [3.05, 3.63) is 132 Å². The lowest BCUT2D eigenvalue weighted by atomic mass is 9.99. The third-order valence-electron chi connectivity index (χ3n) is 10.3. The molecule has 5 aromatic rings. The Bertz CT molecular complexity index is 2040. The van der Waals surface area contributed by atoms with Gasteiger partial charge in [-0.2, -0.15) is 0 Å². The summed E-state index contributed by atoms with van der Waals surface area (Å²) in [4.78, 5) is 56.8. The van der Waals surface area contributed by atoms with Gasteiger partial charge in [-0.1, -0.05) is 67.6 Å². The van der Waals surface area contributed by atoms with Gasteiger partial charge in [0.15, 0.2) is 0 Å². The smallest absolute Gasteiger partial charge is 0.247 e. The molecule has 4 amide bonds. The normalized spacial score (nSPS) is 15.6. The third kappa shape index (κ3) is 8.63. The van der Waals surface area contributed by atoms with Gasteiger partial charge in [0.25, 0.3) is 0 Å². The van der Waals surface area contributed by atoms with Gasteiger partial charge in [-0.3, -0.25) is 19.2 Å². The van der Waals surface area contributed by atoms with Gasteiger partial charge in [-0.25, -0.2) is 0 Å². The summed E-state index contributed by atoms with van der Waals surface area (Å²) in [6.07, 6.45) is 2.16. The minimum atomic E-state index is -0.647. The standard InChI is InChI=1S/C45H48N4O5/c1-5-28-48(44(52)30(2)33-13-8-6-9-14-33)32(4)42(50)46-37-22-18-35(19-23-37)40-26-27-41(54-40)36-20-24-38(25-21-36)47-43(51)39-17-12-29-49(39)45(53)31(3)34-15-10-7-11-16-34/h6-11,13-16,18-27,30-32,39H,5,12,17,28-29H2,1-4H3,(H,46,50)(H,47,51)/t30-,31-,32+,39+/m1/s1. The summed E-state index contributed by atoms with van der Waals surface area (Å²) in [7, 11) is 0. The van der Waals surface area contributed by atoms with Crippen LogP contribution in [0.1, 0.15) is 69.9 Å². The number of amides is 4. The first-order chi connectivity index (χ1) is 26.1. The summed E-state index contributed by atoms with van der Waals surface area (Å²) in [6, 6.07) is 36.7. The molecule has 0 bridgehead atoms. The van der Waals surface area contributed by atoms with Crippen LogP contribution in [-0.4, -0.2) is 58.6 Å². The molecule has 9 nitrogen and oxygen atoms in total. The van der Waals surface area contributed by atoms with Crippen LogP contribution in [0.2, 0.25) is 0 Å². The summed E-state index contributed by atoms with van der Waals surface area (Å²) in [5.41, 5.74) is 4.81. The van der Waals surface area contributed by atoms with Crippen molar-refractivity contribution in [1.29, 1.82) is 0 Å². The van der Waals surface area contributed by atoms with Gasteiger partial charge in [-0.05, 0) is 112 Å². The number of hydrogen-bond donors (Lipinski definition) is 2. The van der Waals surface area contributed by atoms with E-state index >= 15 is 0 Å². The van der Waals surface area contributed by atoms with E-state index in [1.807, 2.05) is 142 Å². The van der Waals surface area contributed by atoms with Crippen LogP contribution >= 0.6 is 0 Å². The molecule has 4 atom stereocenters. The van der Waals surface area contributed by atoms with Gasteiger partial charge in [0.05, 0.1) is 11.8 Å². The van der Waals surface area contributed by atoms with Crippen LogP contribution in [0.25, 0.3) is 22.6 Å². The molecule has 0 aliphatic carbocycles. The molecule has 278 valence electrons. The zero-order valence-electron chi connectivity index (χ0n) is 31.3. The lowest BCUT2D eigenvalue weighted by Crippen LogP contribution is -2.47. The lowest BCUT2D eigenvalue weighted by Gasteiger charge is -2.30. The van der Waals surface area contributed by atoms with Crippen LogP contribution in [0.15, 0.2) is 126 Å². The van der Waals surface area contributed by atoms with E-state index in [1.54, 1.807) is 16.7 Å². The number of carbonyl (C=O) groups excluding carboxylic acids is 4. The number of likely N-dealkylation sites (tertiary alicyclic amines) is 1. The van der Waals surface area contributed by atoms with Crippen molar-refractivity contribution in [1.82, 2.24) is 9.80 Å². The average Bonchev–Trinajstić information content (AvgIpc) is 3.91. The maximum absolute atomic E-state index is 13.4. The highest BCUT2D eigenvalue weighted by molar-refractivity contribution is 5.99. The van der Waals surface area contributed by atoms with Gasteiger partial charge in [-0.15, -0.1) is 0 Å². The molecule has 2 heterocycles. The fraction of sp³-hybridized carbons (Fsp3) is 0.289. The zero-order chi connectivity index (χ0) is 38.2. The minimum absolute atomic E-state index is 0.0342. The highest BCUT2D eigenvalue weighted by atomic mass is 16.3. The second-order valence-electron chi connectivity index (χ2n) is 14.0. The van der Waals surface area contributed by atoms with E-state index in [1.165, 1.54) is 0 Å². The Balaban J connectivity index is 1.04. The topological polar surface area (TPSA) is 112 Å². The van der Waals surface area contributed by atoms with E-state index in [2.05, 4.69) is 10.6 Å². The number of furan rings is 1. The zero-order valence-corrected chi connectivity index (χ0v) is 31.3. The van der Waals surface area contributed by atoms with E-state index in [-0.39, 0.29) is 35.5 Å². The number of anilines is 2. The Morgan fingerprint density at radius 3 is 1.76 bits per heavy atom. The average molecular weight is 725 g/mol. The van der Waals surface area contributed by atoms with Crippen LogP contribution in [0.5, 0.6) is 0 Å². The Hall–Kier alpha value is -5.96. The summed E-state index contributed by atoms with van der Waals surface area (Å²) < 4.78 is 6.20. The molecule has 2 N–H and O–H groups in total. The summed E-state index contributed by atoms with van der Waals surface area (Å²) in [5, 5.41) is 5.97. The fourth-order valence-electron chi connectivity index (χ4n) is 7.00. The number of rotatable bonds is 13. The highest BCUT2D eigenvalue weighted by Gasteiger charge is 2.36. The van der Waals surface area contributed by atoms with Crippen molar-refractivity contribution in [2.45, 2.75) is 70.9 Å². The van der Waals surface area contributed by atoms with Crippen molar-refractivity contribution in [3.63, 3.8) is 0 Å². The van der Waals surface area contributed by atoms with Gasteiger partial charge >= 0.3 is 0 Å². The van der Waals surface area contributed by atoms with E-state index in [0.717, 1.165) is 35.1 Å². The predicted octanol–water partition coefficient (Wildman–Crippen LogP) is 8.72. The van der Waals surface area contributed by atoms with Crippen LogP contribution in [0, 0.1) is 0 Å². The molecule has 0 unspecified atom stereocenters. The van der Waals surface area contributed by atoms with E-state index in [4.69, 9.17) is 4.42 Å². The molecule has 1 aliphatic heterocycles. The molecule has 1 saturated heterocycles. The number of hydrogen-bond acceptors (Lipinski definition) is 5. The van der Waals surface area contributed by atoms with Crippen LogP contribution < -0.4 is 10.6 Å².